The van der Waals surface area contributed by atoms with Crippen molar-refractivity contribution >= 4 is 23.1 Å². The highest BCUT2D eigenvalue weighted by molar-refractivity contribution is 6.30. The SMILES string of the molecule is CN(Cc1cccc(Cl)c1)c1ccc(F)cc1C(N)=NO. The third-order valence-electron chi connectivity index (χ3n) is 3.06. The van der Waals surface area contributed by atoms with E-state index in [-0.39, 0.29) is 5.84 Å². The molecule has 0 bridgehead atoms. The molecule has 0 radical (unpaired) electrons. The molecular formula is C15H15ClFN3O. The quantitative estimate of drug-likeness (QED) is 0.394. The molecule has 6 heteroatoms. The lowest BCUT2D eigenvalue weighted by Crippen LogP contribution is -2.22. The summed E-state index contributed by atoms with van der Waals surface area (Å²) in [5.41, 5.74) is 7.60. The third kappa shape index (κ3) is 3.64. The van der Waals surface area contributed by atoms with Crippen molar-refractivity contribution in [3.8, 4) is 0 Å². The zero-order valence-corrected chi connectivity index (χ0v) is 12.2. The zero-order valence-electron chi connectivity index (χ0n) is 11.4. The number of amidine groups is 1. The van der Waals surface area contributed by atoms with Gasteiger partial charge in [0.25, 0.3) is 0 Å². The van der Waals surface area contributed by atoms with Gasteiger partial charge in [0.1, 0.15) is 5.82 Å². The van der Waals surface area contributed by atoms with Crippen LogP contribution in [0.2, 0.25) is 5.02 Å². The molecule has 3 N–H and O–H groups in total. The standard InChI is InChI=1S/C15H15ClFN3O/c1-20(9-10-3-2-4-11(16)7-10)14-6-5-12(17)8-13(14)15(18)19-21/h2-8,21H,9H2,1H3,(H2,18,19). The lowest BCUT2D eigenvalue weighted by molar-refractivity contribution is 0.318. The topological polar surface area (TPSA) is 61.8 Å². The lowest BCUT2D eigenvalue weighted by atomic mass is 10.1. The highest BCUT2D eigenvalue weighted by Gasteiger charge is 2.13. The van der Waals surface area contributed by atoms with Gasteiger partial charge in [0.05, 0.1) is 0 Å². The van der Waals surface area contributed by atoms with Crippen LogP contribution in [-0.2, 0) is 6.54 Å². The fourth-order valence-electron chi connectivity index (χ4n) is 2.09. The van der Waals surface area contributed by atoms with Gasteiger partial charge in [0.2, 0.25) is 0 Å². The van der Waals surface area contributed by atoms with Gasteiger partial charge in [0, 0.05) is 29.9 Å². The number of nitrogens with two attached hydrogens (primary N) is 1. The van der Waals surface area contributed by atoms with Crippen LogP contribution < -0.4 is 10.6 Å². The molecule has 0 heterocycles. The second-order valence-corrected chi connectivity index (χ2v) is 5.07. The summed E-state index contributed by atoms with van der Waals surface area (Å²) in [6.45, 7) is 0.553. The van der Waals surface area contributed by atoms with Gasteiger partial charge in [-0.05, 0) is 35.9 Å². The Bertz CT molecular complexity index is 676. The van der Waals surface area contributed by atoms with Crippen LogP contribution in [0.1, 0.15) is 11.1 Å². The molecule has 0 aliphatic heterocycles. The Labute approximate surface area is 127 Å². The van der Waals surface area contributed by atoms with E-state index in [1.165, 1.54) is 12.1 Å². The Balaban J connectivity index is 2.33. The van der Waals surface area contributed by atoms with Crippen molar-refractivity contribution in [2.45, 2.75) is 6.54 Å². The van der Waals surface area contributed by atoms with E-state index in [0.717, 1.165) is 5.56 Å². The Morgan fingerprint density at radius 3 is 2.76 bits per heavy atom. The molecule has 0 fully saturated rings. The Kier molecular flexibility index (Phi) is 4.65. The fourth-order valence-corrected chi connectivity index (χ4v) is 2.31. The molecule has 0 saturated heterocycles. The number of hydrogen-bond acceptors (Lipinski definition) is 3. The van der Waals surface area contributed by atoms with Crippen molar-refractivity contribution in [3.63, 3.8) is 0 Å². The minimum absolute atomic E-state index is 0.137. The second kappa shape index (κ2) is 6.45. The second-order valence-electron chi connectivity index (χ2n) is 4.63. The average Bonchev–Trinajstić information content (AvgIpc) is 2.46. The molecule has 21 heavy (non-hydrogen) atoms. The molecule has 2 aromatic carbocycles. The molecule has 4 nitrogen and oxygen atoms in total. The van der Waals surface area contributed by atoms with Crippen LogP contribution in [0.15, 0.2) is 47.6 Å². The van der Waals surface area contributed by atoms with Gasteiger partial charge in [-0.15, -0.1) is 0 Å². The number of anilines is 1. The summed E-state index contributed by atoms with van der Waals surface area (Å²) in [6, 6.07) is 11.6. The number of hydrogen-bond donors (Lipinski definition) is 2. The molecule has 0 aromatic heterocycles. The van der Waals surface area contributed by atoms with E-state index < -0.39 is 5.82 Å². The normalized spacial score (nSPS) is 11.5. The average molecular weight is 308 g/mol. The van der Waals surface area contributed by atoms with Gasteiger partial charge in [0.15, 0.2) is 5.84 Å². The monoisotopic (exact) mass is 307 g/mol. The highest BCUT2D eigenvalue weighted by Crippen LogP contribution is 2.23. The summed E-state index contributed by atoms with van der Waals surface area (Å²) in [5, 5.41) is 12.4. The van der Waals surface area contributed by atoms with Crippen molar-refractivity contribution in [1.29, 1.82) is 0 Å². The summed E-state index contributed by atoms with van der Waals surface area (Å²) in [7, 11) is 1.84. The number of oxime groups is 1. The predicted molar refractivity (Wildman–Crippen MR) is 82.5 cm³/mol. The van der Waals surface area contributed by atoms with E-state index in [4.69, 9.17) is 22.5 Å². The minimum atomic E-state index is -0.448. The number of rotatable bonds is 4. The van der Waals surface area contributed by atoms with E-state index in [1.54, 1.807) is 12.1 Å². The van der Waals surface area contributed by atoms with Crippen molar-refractivity contribution in [1.82, 2.24) is 0 Å². The first-order valence-electron chi connectivity index (χ1n) is 6.24. The molecule has 0 amide bonds. The van der Waals surface area contributed by atoms with Crippen molar-refractivity contribution in [3.05, 3.63) is 64.4 Å². The van der Waals surface area contributed by atoms with Crippen LogP contribution in [0.3, 0.4) is 0 Å². The molecule has 0 atom stereocenters. The Hall–Kier alpha value is -2.27. The molecule has 0 spiro atoms. The summed E-state index contributed by atoms with van der Waals surface area (Å²) >= 11 is 5.96. The molecule has 0 unspecified atom stereocenters. The maximum Gasteiger partial charge on any atom is 0.172 e. The van der Waals surface area contributed by atoms with E-state index in [9.17, 15) is 4.39 Å². The largest absolute Gasteiger partial charge is 0.409 e. The minimum Gasteiger partial charge on any atom is -0.409 e. The first-order valence-corrected chi connectivity index (χ1v) is 6.62. The van der Waals surface area contributed by atoms with Gasteiger partial charge < -0.3 is 15.8 Å². The zero-order chi connectivity index (χ0) is 15.4. The lowest BCUT2D eigenvalue weighted by Gasteiger charge is -2.22. The highest BCUT2D eigenvalue weighted by atomic mass is 35.5. The molecule has 0 aliphatic rings. The van der Waals surface area contributed by atoms with Gasteiger partial charge in [-0.25, -0.2) is 4.39 Å². The summed E-state index contributed by atoms with van der Waals surface area (Å²) < 4.78 is 13.4. The Morgan fingerprint density at radius 2 is 2.10 bits per heavy atom. The maximum atomic E-state index is 13.4. The van der Waals surface area contributed by atoms with Crippen LogP contribution in [-0.4, -0.2) is 18.1 Å². The maximum absolute atomic E-state index is 13.4. The first-order chi connectivity index (χ1) is 10.0. The predicted octanol–water partition coefficient (Wildman–Crippen LogP) is 3.21. The molecule has 2 aromatic rings. The van der Waals surface area contributed by atoms with Crippen molar-refractivity contribution < 1.29 is 9.60 Å². The van der Waals surface area contributed by atoms with E-state index in [1.807, 2.05) is 30.1 Å². The third-order valence-corrected chi connectivity index (χ3v) is 3.30. The summed E-state index contributed by atoms with van der Waals surface area (Å²) in [6.07, 6.45) is 0. The summed E-state index contributed by atoms with van der Waals surface area (Å²) in [4.78, 5) is 1.87. The summed E-state index contributed by atoms with van der Waals surface area (Å²) in [5.74, 6) is -0.584. The van der Waals surface area contributed by atoms with Gasteiger partial charge in [-0.3, -0.25) is 0 Å². The van der Waals surface area contributed by atoms with Gasteiger partial charge in [-0.2, -0.15) is 0 Å². The van der Waals surface area contributed by atoms with Crippen LogP contribution in [0.4, 0.5) is 10.1 Å². The molecular weight excluding hydrogens is 293 g/mol. The molecule has 2 rings (SSSR count). The van der Waals surface area contributed by atoms with Gasteiger partial charge in [-0.1, -0.05) is 28.9 Å². The van der Waals surface area contributed by atoms with E-state index >= 15 is 0 Å². The van der Waals surface area contributed by atoms with Crippen LogP contribution >= 0.6 is 11.6 Å². The smallest absolute Gasteiger partial charge is 0.172 e. The van der Waals surface area contributed by atoms with Crippen LogP contribution in [0.25, 0.3) is 0 Å². The van der Waals surface area contributed by atoms with Gasteiger partial charge >= 0.3 is 0 Å². The number of nitrogens with zero attached hydrogens (tertiary/aromatic N) is 2. The fraction of sp³-hybridized carbons (Fsp3) is 0.133. The molecule has 110 valence electrons. The van der Waals surface area contributed by atoms with Crippen LogP contribution in [0.5, 0.6) is 0 Å². The molecule has 0 aliphatic carbocycles. The Morgan fingerprint density at radius 1 is 1.33 bits per heavy atom. The van der Waals surface area contributed by atoms with E-state index in [2.05, 4.69) is 5.16 Å². The number of benzene rings is 2. The van der Waals surface area contributed by atoms with Crippen LogP contribution in [0, 0.1) is 5.82 Å². The van der Waals surface area contributed by atoms with E-state index in [0.29, 0.717) is 22.8 Å². The molecule has 0 saturated carbocycles. The number of halogens is 2. The first kappa shape index (κ1) is 15.1. The van der Waals surface area contributed by atoms with Crippen molar-refractivity contribution in [2.75, 3.05) is 11.9 Å². The van der Waals surface area contributed by atoms with Crippen molar-refractivity contribution in [2.24, 2.45) is 10.9 Å².